The summed E-state index contributed by atoms with van der Waals surface area (Å²) >= 11 is 0. The molecule has 72 heavy (non-hydrogen) atoms. The van der Waals surface area contributed by atoms with E-state index in [9.17, 15) is 14.4 Å². The van der Waals surface area contributed by atoms with Gasteiger partial charge in [-0.15, -0.1) is 12.1 Å². The van der Waals surface area contributed by atoms with Crippen LogP contribution >= 0.6 is 0 Å². The van der Waals surface area contributed by atoms with E-state index in [0.717, 1.165) is 145 Å². The van der Waals surface area contributed by atoms with Crippen molar-refractivity contribution in [3.63, 3.8) is 0 Å². The summed E-state index contributed by atoms with van der Waals surface area (Å²) in [6, 6.07) is 24.8. The number of para-hydroxylation sites is 3. The van der Waals surface area contributed by atoms with Crippen LogP contribution in [-0.4, -0.2) is 49.7 Å². The largest absolute Gasteiger partial charge is 0.468 e. The number of Topliss-reactive ketones (excluding diaryl/α,β-unsaturated/α-hetero) is 3. The van der Waals surface area contributed by atoms with Crippen molar-refractivity contribution in [1.82, 2.24) is 13.7 Å². The van der Waals surface area contributed by atoms with E-state index in [2.05, 4.69) is 112 Å². The second-order valence-corrected chi connectivity index (χ2v) is 18.9. The van der Waals surface area contributed by atoms with Gasteiger partial charge in [-0.1, -0.05) is 83.3 Å². The number of aromatic nitrogens is 3. The van der Waals surface area contributed by atoms with E-state index < -0.39 is 0 Å². The molecule has 0 fully saturated rings. The van der Waals surface area contributed by atoms with Gasteiger partial charge in [-0.3, -0.25) is 24.4 Å². The molecular weight excluding hydrogens is 966 g/mol. The Morgan fingerprint density at radius 1 is 0.556 bits per heavy atom. The molecule has 0 spiro atoms. The first-order valence-electron chi connectivity index (χ1n) is 25.0. The standard InChI is InChI=1S/C20H22N2O.C19H20N2O.C18H17N2O.C2H6.2CH4.CH3.Y/c1-3-22-17-7-5-4-6-15(17)19-18(22)9-8-14(20(19)23)12-16-13(2)10-11-21-16;1-12-9-10-20-15(12)11-13-7-8-17-18(19(13)22)14-5-3-4-6-16(14)21(17)2;1-20-15-7-3-2-6-14(15)17-16(20)9-8-12(18(17)21)11-13-5-4-10-19-13;1-2;;;;/h4-7,11,14H,3,8-10,12H2,1-2H3;3-6,10,13H,7-9,11H2,1-2H3;2-3,6-7,10,12H,4,8-9,11H2,1H3;1-2H3;2*1H4;1H3;/q;;-1;;;;-1;. The summed E-state index contributed by atoms with van der Waals surface area (Å²) in [4.78, 5) is 52.4. The average Bonchev–Trinajstić information content (AvgIpc) is 4.24. The van der Waals surface area contributed by atoms with Crippen molar-refractivity contribution in [2.45, 2.75) is 133 Å². The molecule has 377 valence electrons. The molecule has 0 bridgehead atoms. The number of nitrogens with zero attached hydrogens (tertiary/aromatic N) is 6. The summed E-state index contributed by atoms with van der Waals surface area (Å²) in [5, 5.41) is 3.33. The Morgan fingerprint density at radius 3 is 1.35 bits per heavy atom. The van der Waals surface area contributed by atoms with Gasteiger partial charge < -0.3 is 32.2 Å². The summed E-state index contributed by atoms with van der Waals surface area (Å²) in [5.41, 5.74) is 15.8. The van der Waals surface area contributed by atoms with Gasteiger partial charge in [0, 0.05) is 174 Å². The molecular formula is C62H76N6O3Y-2. The van der Waals surface area contributed by atoms with E-state index in [1.54, 1.807) is 0 Å². The zero-order valence-corrected chi connectivity index (χ0v) is 45.4. The molecule has 0 saturated heterocycles. The topological polar surface area (TPSA) is 103 Å². The summed E-state index contributed by atoms with van der Waals surface area (Å²) in [6.45, 7) is 11.3. The molecule has 10 heteroatoms. The zero-order valence-electron chi connectivity index (χ0n) is 42.6. The molecule has 3 atom stereocenters. The molecule has 0 saturated carbocycles. The fraction of sp³-hybridized carbons (Fsp3) is 0.403. The van der Waals surface area contributed by atoms with Gasteiger partial charge in [0.1, 0.15) is 0 Å². The number of hydrogen-bond donors (Lipinski definition) is 0. The maximum absolute atomic E-state index is 13.2. The predicted molar refractivity (Wildman–Crippen MR) is 298 cm³/mol. The van der Waals surface area contributed by atoms with Crippen LogP contribution in [0.25, 0.3) is 32.7 Å². The average molecular weight is 1040 g/mol. The zero-order chi connectivity index (χ0) is 47.6. The second-order valence-electron chi connectivity index (χ2n) is 18.9. The minimum absolute atomic E-state index is 0. The molecule has 1 radical (unpaired) electrons. The number of allylic oxidation sites excluding steroid dienone is 6. The van der Waals surface area contributed by atoms with Crippen molar-refractivity contribution in [2.24, 2.45) is 46.8 Å². The normalized spacial score (nSPS) is 19.2. The third-order valence-corrected chi connectivity index (χ3v) is 15.1. The molecule has 3 aliphatic carbocycles. The molecule has 6 heterocycles. The number of carbonyl (C=O) groups excluding carboxylic acids is 3. The van der Waals surface area contributed by atoms with Gasteiger partial charge in [-0.25, -0.2) is 0 Å². The van der Waals surface area contributed by atoms with Crippen molar-refractivity contribution in [3.05, 3.63) is 148 Å². The predicted octanol–water partition coefficient (Wildman–Crippen LogP) is 14.8. The van der Waals surface area contributed by atoms with Crippen molar-refractivity contribution < 1.29 is 47.1 Å². The SMILES string of the molecule is C.C.CC.CC1=C(CC2CCc3c(c4ccccc4n3C)C2=O)N=CC1.CCn1c2c(c3ccccc31)C(=O)C(CC1=C(C)CC=N1)CC2.Cn1c2c(c3ccccc31)C(=O)C(CC1=[C-]CC=N1)CC2.[CH3-].[Y]. The number of benzene rings is 3. The van der Waals surface area contributed by atoms with Gasteiger partial charge in [0.25, 0.3) is 0 Å². The molecule has 6 aliphatic rings. The van der Waals surface area contributed by atoms with Crippen molar-refractivity contribution in [2.75, 3.05) is 0 Å². The van der Waals surface area contributed by atoms with Gasteiger partial charge >= 0.3 is 0 Å². The van der Waals surface area contributed by atoms with Crippen LogP contribution in [0.4, 0.5) is 0 Å². The van der Waals surface area contributed by atoms with Crippen LogP contribution in [0.1, 0.15) is 155 Å². The second kappa shape index (κ2) is 25.0. The van der Waals surface area contributed by atoms with Crippen LogP contribution in [0.3, 0.4) is 0 Å². The van der Waals surface area contributed by atoms with Crippen LogP contribution in [0.2, 0.25) is 0 Å². The van der Waals surface area contributed by atoms with Gasteiger partial charge in [0.05, 0.1) is 0 Å². The third-order valence-electron chi connectivity index (χ3n) is 15.1. The summed E-state index contributed by atoms with van der Waals surface area (Å²) in [7, 11) is 4.13. The van der Waals surface area contributed by atoms with Crippen LogP contribution < -0.4 is 0 Å². The van der Waals surface area contributed by atoms with E-state index >= 15 is 0 Å². The third kappa shape index (κ3) is 10.8. The maximum Gasteiger partial charge on any atom is 0.168 e. The fourth-order valence-electron chi connectivity index (χ4n) is 11.5. The molecule has 9 nitrogen and oxygen atoms in total. The summed E-state index contributed by atoms with van der Waals surface area (Å²) in [5.74, 6) is 1.13. The van der Waals surface area contributed by atoms with Crippen molar-refractivity contribution in [1.29, 1.82) is 0 Å². The Bertz CT molecular complexity index is 3160. The first kappa shape index (κ1) is 57.5. The Morgan fingerprint density at radius 2 is 0.944 bits per heavy atom. The van der Waals surface area contributed by atoms with Crippen molar-refractivity contribution >= 4 is 68.7 Å². The number of hydrogen-bond acceptors (Lipinski definition) is 6. The Kier molecular flexibility index (Phi) is 20.0. The smallest absolute Gasteiger partial charge is 0.168 e. The van der Waals surface area contributed by atoms with Crippen molar-refractivity contribution in [3.8, 4) is 0 Å². The number of rotatable bonds is 7. The minimum Gasteiger partial charge on any atom is -0.468 e. The molecule has 6 aromatic rings. The van der Waals surface area contributed by atoms with Crippen LogP contribution in [0.5, 0.6) is 0 Å². The van der Waals surface area contributed by atoms with E-state index in [-0.39, 0.29) is 78.5 Å². The quantitative estimate of drug-likeness (QED) is 0.149. The van der Waals surface area contributed by atoms with Crippen LogP contribution in [0.15, 0.2) is 116 Å². The van der Waals surface area contributed by atoms with Gasteiger partial charge in [0.2, 0.25) is 0 Å². The fourth-order valence-corrected chi connectivity index (χ4v) is 11.5. The molecule has 3 aromatic heterocycles. The van der Waals surface area contributed by atoms with Gasteiger partial charge in [0.15, 0.2) is 17.3 Å². The summed E-state index contributed by atoms with van der Waals surface area (Å²) < 4.78 is 6.69. The number of aliphatic imine (C=N–C) groups is 3. The number of carbonyl (C=O) groups is 3. The molecule has 0 amide bonds. The Balaban J connectivity index is 0.000000192. The van der Waals surface area contributed by atoms with E-state index in [1.807, 2.05) is 62.8 Å². The van der Waals surface area contributed by atoms with Gasteiger partial charge in [-0.2, -0.15) is 0 Å². The van der Waals surface area contributed by atoms with Gasteiger partial charge in [-0.05, 0) is 114 Å². The van der Waals surface area contributed by atoms with Crippen LogP contribution in [-0.2, 0) is 72.6 Å². The monoisotopic (exact) mass is 1040 g/mol. The molecule has 3 aliphatic heterocycles. The number of ketones is 3. The molecule has 0 N–H and O–H groups in total. The van der Waals surface area contributed by atoms with Crippen LogP contribution in [0, 0.1) is 31.3 Å². The molecule has 3 aromatic carbocycles. The molecule has 3 unspecified atom stereocenters. The van der Waals surface area contributed by atoms with E-state index in [0.29, 0.717) is 11.6 Å². The number of aryl methyl sites for hydroxylation is 3. The maximum atomic E-state index is 13.2. The number of fused-ring (bicyclic) bond motifs is 9. The minimum atomic E-state index is 0. The molecule has 12 rings (SSSR count). The Hall–Kier alpha value is -5.38. The van der Waals surface area contributed by atoms with E-state index in [4.69, 9.17) is 0 Å². The first-order valence-corrected chi connectivity index (χ1v) is 25.0. The van der Waals surface area contributed by atoms with E-state index in [1.165, 1.54) is 33.7 Å². The summed E-state index contributed by atoms with van der Waals surface area (Å²) in [6.07, 6.45) is 19.7. The first-order chi connectivity index (χ1) is 33.1. The Labute approximate surface area is 454 Å².